The van der Waals surface area contributed by atoms with Crippen molar-refractivity contribution in [2.45, 2.75) is 30.9 Å². The molecule has 3 nitrogen and oxygen atoms in total. The molecule has 0 N–H and O–H groups in total. The van der Waals surface area contributed by atoms with Crippen LogP contribution < -0.4 is 0 Å². The molecule has 0 aliphatic carbocycles. The maximum Gasteiger partial charge on any atom is 0.211 e. The minimum absolute atomic E-state index is 0.414. The molecule has 0 aromatic carbocycles. The first kappa shape index (κ1) is 13.2. The van der Waals surface area contributed by atoms with Crippen LogP contribution in [0.1, 0.15) is 25.7 Å². The highest BCUT2D eigenvalue weighted by Gasteiger charge is 2.15. The Bertz CT molecular complexity index is 175. The van der Waals surface area contributed by atoms with Crippen LogP contribution >= 0.6 is 21.6 Å². The average molecular weight is 249 g/mol. The Labute approximate surface area is 99.7 Å². The second kappa shape index (κ2) is 8.30. The summed E-state index contributed by atoms with van der Waals surface area (Å²) in [7, 11) is 5.63. The summed E-state index contributed by atoms with van der Waals surface area (Å²) in [5.74, 6) is 1.31. The number of rotatable bonds is 8. The Hall–Kier alpha value is 0.130. The molecule has 1 heterocycles. The predicted molar refractivity (Wildman–Crippen MR) is 67.0 cm³/mol. The van der Waals surface area contributed by atoms with Gasteiger partial charge < -0.3 is 9.64 Å². The van der Waals surface area contributed by atoms with E-state index < -0.39 is 0 Å². The summed E-state index contributed by atoms with van der Waals surface area (Å²) in [6, 6.07) is 0. The van der Waals surface area contributed by atoms with Crippen molar-refractivity contribution in [1.29, 1.82) is 0 Å². The van der Waals surface area contributed by atoms with Gasteiger partial charge in [0.1, 0.15) is 6.73 Å². The Morgan fingerprint density at radius 1 is 1.53 bits per heavy atom. The van der Waals surface area contributed by atoms with E-state index in [0.717, 1.165) is 24.6 Å². The average Bonchev–Trinajstić information content (AvgIpc) is 2.75. The number of amides is 1. The van der Waals surface area contributed by atoms with E-state index >= 15 is 0 Å². The second-order valence-corrected chi connectivity index (χ2v) is 6.45. The van der Waals surface area contributed by atoms with Gasteiger partial charge in [-0.15, -0.1) is 0 Å². The summed E-state index contributed by atoms with van der Waals surface area (Å²) in [6.45, 7) is 1.24. The fourth-order valence-electron chi connectivity index (χ4n) is 1.56. The molecule has 1 aliphatic heterocycles. The van der Waals surface area contributed by atoms with E-state index in [-0.39, 0.29) is 0 Å². The maximum atomic E-state index is 10.6. The van der Waals surface area contributed by atoms with Crippen LogP contribution in [0.2, 0.25) is 0 Å². The molecule has 0 bridgehead atoms. The molecule has 1 amide bonds. The molecule has 0 spiro atoms. The molecule has 1 atom stereocenters. The van der Waals surface area contributed by atoms with Gasteiger partial charge in [-0.3, -0.25) is 4.79 Å². The van der Waals surface area contributed by atoms with Crippen molar-refractivity contribution in [1.82, 2.24) is 4.90 Å². The molecule has 88 valence electrons. The highest BCUT2D eigenvalue weighted by Crippen LogP contribution is 2.39. The normalized spacial score (nSPS) is 20.5. The smallest absolute Gasteiger partial charge is 0.211 e. The predicted octanol–water partition coefficient (Wildman–Crippen LogP) is 2.37. The highest BCUT2D eigenvalue weighted by atomic mass is 33.1. The third-order valence-corrected chi connectivity index (χ3v) is 5.40. The molecule has 1 unspecified atom stereocenters. The van der Waals surface area contributed by atoms with E-state index in [1.807, 2.05) is 21.6 Å². The van der Waals surface area contributed by atoms with Gasteiger partial charge in [0, 0.05) is 24.7 Å². The van der Waals surface area contributed by atoms with Gasteiger partial charge >= 0.3 is 0 Å². The van der Waals surface area contributed by atoms with E-state index in [2.05, 4.69) is 0 Å². The zero-order valence-corrected chi connectivity index (χ0v) is 10.8. The van der Waals surface area contributed by atoms with Crippen LogP contribution in [0.15, 0.2) is 0 Å². The Morgan fingerprint density at radius 3 is 3.00 bits per heavy atom. The molecule has 15 heavy (non-hydrogen) atoms. The van der Waals surface area contributed by atoms with Gasteiger partial charge in [-0.25, -0.2) is 0 Å². The quantitative estimate of drug-likeness (QED) is 0.286. The molecule has 0 aromatic rings. The Kier molecular flexibility index (Phi) is 7.30. The lowest BCUT2D eigenvalue weighted by molar-refractivity contribution is -0.122. The molecule has 1 aliphatic rings. The SMILES string of the molecule is COCN(C=O)CCCCC1CCSS1. The van der Waals surface area contributed by atoms with Crippen LogP contribution in [0, 0.1) is 0 Å². The lowest BCUT2D eigenvalue weighted by Gasteiger charge is -2.16. The Balaban J connectivity index is 1.96. The summed E-state index contributed by atoms with van der Waals surface area (Å²) >= 11 is 0. The van der Waals surface area contributed by atoms with Crippen molar-refractivity contribution in [2.75, 3.05) is 26.1 Å². The monoisotopic (exact) mass is 249 g/mol. The number of carbonyl (C=O) groups is 1. The van der Waals surface area contributed by atoms with E-state index in [1.165, 1.54) is 25.0 Å². The largest absolute Gasteiger partial charge is 0.364 e. The van der Waals surface area contributed by atoms with Crippen molar-refractivity contribution in [3.63, 3.8) is 0 Å². The van der Waals surface area contributed by atoms with Crippen molar-refractivity contribution in [2.24, 2.45) is 0 Å². The summed E-state index contributed by atoms with van der Waals surface area (Å²) in [5.41, 5.74) is 0. The third kappa shape index (κ3) is 5.68. The number of hydrogen-bond donors (Lipinski definition) is 0. The minimum atomic E-state index is 0.414. The topological polar surface area (TPSA) is 29.5 Å². The number of unbranched alkanes of at least 4 members (excludes halogenated alkanes) is 1. The van der Waals surface area contributed by atoms with E-state index in [0.29, 0.717) is 6.73 Å². The summed E-state index contributed by atoms with van der Waals surface area (Å²) in [6.07, 6.45) is 5.81. The summed E-state index contributed by atoms with van der Waals surface area (Å²) in [5, 5.41) is 0.849. The van der Waals surface area contributed by atoms with Gasteiger partial charge in [0.15, 0.2) is 0 Å². The molecule has 0 radical (unpaired) electrons. The van der Waals surface area contributed by atoms with Crippen LogP contribution in [0.4, 0.5) is 0 Å². The number of methoxy groups -OCH3 is 1. The van der Waals surface area contributed by atoms with Crippen LogP contribution in [-0.4, -0.2) is 42.7 Å². The molecular weight excluding hydrogens is 230 g/mol. The number of hydrogen-bond acceptors (Lipinski definition) is 4. The number of carbonyl (C=O) groups excluding carboxylic acids is 1. The molecule has 1 rings (SSSR count). The standard InChI is InChI=1S/C10H19NO2S2/c1-13-9-11(8-12)6-3-2-4-10-5-7-14-15-10/h8,10H,2-7,9H2,1H3. The van der Waals surface area contributed by atoms with Crippen molar-refractivity contribution < 1.29 is 9.53 Å². The molecule has 1 fully saturated rings. The second-order valence-electron chi connectivity index (χ2n) is 3.66. The first-order valence-corrected chi connectivity index (χ1v) is 7.71. The van der Waals surface area contributed by atoms with Crippen molar-refractivity contribution >= 4 is 28.0 Å². The van der Waals surface area contributed by atoms with Gasteiger partial charge in [-0.2, -0.15) is 0 Å². The van der Waals surface area contributed by atoms with Crippen LogP contribution in [0.5, 0.6) is 0 Å². The molecule has 0 aromatic heterocycles. The van der Waals surface area contributed by atoms with Gasteiger partial charge in [-0.05, 0) is 19.3 Å². The summed E-state index contributed by atoms with van der Waals surface area (Å²) in [4.78, 5) is 12.3. The van der Waals surface area contributed by atoms with Crippen LogP contribution in [0.25, 0.3) is 0 Å². The van der Waals surface area contributed by atoms with Gasteiger partial charge in [0.25, 0.3) is 0 Å². The third-order valence-electron chi connectivity index (χ3n) is 2.39. The minimum Gasteiger partial charge on any atom is -0.364 e. The van der Waals surface area contributed by atoms with Crippen LogP contribution in [0.3, 0.4) is 0 Å². The first-order valence-electron chi connectivity index (χ1n) is 5.33. The van der Waals surface area contributed by atoms with Crippen LogP contribution in [-0.2, 0) is 9.53 Å². The van der Waals surface area contributed by atoms with Crippen molar-refractivity contribution in [3.8, 4) is 0 Å². The lowest BCUT2D eigenvalue weighted by Crippen LogP contribution is -2.25. The summed E-state index contributed by atoms with van der Waals surface area (Å²) < 4.78 is 4.91. The van der Waals surface area contributed by atoms with E-state index in [1.54, 1.807) is 12.0 Å². The van der Waals surface area contributed by atoms with Gasteiger partial charge in [0.2, 0.25) is 6.41 Å². The zero-order valence-electron chi connectivity index (χ0n) is 9.18. The fraction of sp³-hybridized carbons (Fsp3) is 0.900. The molecule has 1 saturated heterocycles. The highest BCUT2D eigenvalue weighted by molar-refractivity contribution is 8.77. The lowest BCUT2D eigenvalue weighted by atomic mass is 10.1. The molecule has 5 heteroatoms. The fourth-order valence-corrected chi connectivity index (χ4v) is 4.59. The zero-order chi connectivity index (χ0) is 10.9. The number of nitrogens with zero attached hydrogens (tertiary/aromatic N) is 1. The Morgan fingerprint density at radius 2 is 2.40 bits per heavy atom. The maximum absolute atomic E-state index is 10.6. The van der Waals surface area contributed by atoms with E-state index in [9.17, 15) is 4.79 Å². The first-order chi connectivity index (χ1) is 7.36. The molecular formula is C10H19NO2S2. The number of ether oxygens (including phenoxy) is 1. The molecule has 0 saturated carbocycles. The van der Waals surface area contributed by atoms with E-state index in [4.69, 9.17) is 4.74 Å². The van der Waals surface area contributed by atoms with Gasteiger partial charge in [0.05, 0.1) is 0 Å². The van der Waals surface area contributed by atoms with Gasteiger partial charge in [-0.1, -0.05) is 28.0 Å². The van der Waals surface area contributed by atoms with Crippen molar-refractivity contribution in [3.05, 3.63) is 0 Å².